The maximum Gasteiger partial charge on any atom is 0.497 e. The van der Waals surface area contributed by atoms with Gasteiger partial charge in [0.2, 0.25) is 0 Å². The molecule has 0 aromatic heterocycles. The van der Waals surface area contributed by atoms with Gasteiger partial charge in [0.1, 0.15) is 11.4 Å². The minimum Gasteiger partial charge on any atom is -0.465 e. The van der Waals surface area contributed by atoms with Crippen molar-refractivity contribution in [2.24, 2.45) is 0 Å². The van der Waals surface area contributed by atoms with Crippen molar-refractivity contribution in [3.05, 3.63) is 23.5 Å². The first-order valence-corrected chi connectivity index (χ1v) is 8.94. The van der Waals surface area contributed by atoms with Crippen molar-refractivity contribution in [3.63, 3.8) is 0 Å². The normalized spacial score (nSPS) is 18.0. The highest BCUT2D eigenvalue weighted by Gasteiger charge is 2.52. The molecule has 7 nitrogen and oxygen atoms in total. The van der Waals surface area contributed by atoms with E-state index < -0.39 is 41.8 Å². The highest BCUT2D eigenvalue weighted by atomic mass is 19.1. The quantitative estimate of drug-likeness (QED) is 0.625. The predicted octanol–water partition coefficient (Wildman–Crippen LogP) is 3.26. The number of hydrogen-bond donors (Lipinski definition) is 1. The van der Waals surface area contributed by atoms with Gasteiger partial charge in [0.25, 0.3) is 0 Å². The molecule has 1 heterocycles. The van der Waals surface area contributed by atoms with Crippen molar-refractivity contribution >= 4 is 30.3 Å². The van der Waals surface area contributed by atoms with Crippen LogP contribution in [0.5, 0.6) is 0 Å². The van der Waals surface area contributed by atoms with E-state index in [1.807, 2.05) is 27.7 Å². The monoisotopic (exact) mass is 395 g/mol. The van der Waals surface area contributed by atoms with Gasteiger partial charge in [-0.05, 0) is 60.6 Å². The van der Waals surface area contributed by atoms with E-state index in [9.17, 15) is 14.0 Å². The Balaban J connectivity index is 2.48. The Bertz CT molecular complexity index is 771. The van der Waals surface area contributed by atoms with Crippen LogP contribution in [0.4, 0.5) is 14.9 Å². The Morgan fingerprint density at radius 2 is 1.64 bits per heavy atom. The van der Waals surface area contributed by atoms with Crippen LogP contribution >= 0.6 is 0 Å². The zero-order valence-corrected chi connectivity index (χ0v) is 17.6. The first kappa shape index (κ1) is 22.2. The molecule has 1 aliphatic rings. The summed E-state index contributed by atoms with van der Waals surface area (Å²) < 4.78 is 36.3. The Labute approximate surface area is 165 Å². The number of rotatable bonds is 3. The topological polar surface area (TPSA) is 83.1 Å². The van der Waals surface area contributed by atoms with Gasteiger partial charge in [0.15, 0.2) is 0 Å². The number of hydrogen-bond acceptors (Lipinski definition) is 6. The number of methoxy groups -OCH3 is 1. The molecule has 1 aliphatic heterocycles. The predicted molar refractivity (Wildman–Crippen MR) is 103 cm³/mol. The van der Waals surface area contributed by atoms with Gasteiger partial charge >= 0.3 is 19.2 Å². The third-order valence-corrected chi connectivity index (χ3v) is 4.69. The van der Waals surface area contributed by atoms with Crippen LogP contribution in [0.3, 0.4) is 0 Å². The lowest BCUT2D eigenvalue weighted by Crippen LogP contribution is -2.41. The second-order valence-corrected chi connectivity index (χ2v) is 8.63. The summed E-state index contributed by atoms with van der Waals surface area (Å²) in [6.45, 7) is 12.6. The molecule has 0 radical (unpaired) electrons. The Morgan fingerprint density at radius 3 is 2.11 bits per heavy atom. The standard InChI is InChI=1S/C19H27BFNO6/c1-17(2,3)26-16(24)22-14-10-13(21)11(15(23)25-8)9-12(14)20-27-18(4,5)19(6,7)28-20/h9-10H,1-8H3,(H,22,24). The zero-order valence-electron chi connectivity index (χ0n) is 17.6. The molecular weight excluding hydrogens is 368 g/mol. The maximum absolute atomic E-state index is 14.5. The molecule has 0 unspecified atom stereocenters. The molecule has 1 saturated heterocycles. The summed E-state index contributed by atoms with van der Waals surface area (Å²) in [4.78, 5) is 24.1. The number of benzene rings is 1. The number of nitrogens with one attached hydrogen (secondary N) is 1. The molecule has 0 spiro atoms. The van der Waals surface area contributed by atoms with Crippen LogP contribution in [0.1, 0.15) is 58.8 Å². The van der Waals surface area contributed by atoms with E-state index in [0.717, 1.165) is 13.2 Å². The molecule has 0 bridgehead atoms. The summed E-state index contributed by atoms with van der Waals surface area (Å²) in [6.07, 6.45) is -0.768. The molecule has 2 rings (SSSR count). The number of esters is 1. The summed E-state index contributed by atoms with van der Waals surface area (Å²) in [6, 6.07) is 2.28. The summed E-state index contributed by atoms with van der Waals surface area (Å²) in [7, 11) is 0.224. The van der Waals surface area contributed by atoms with Crippen LogP contribution in [0, 0.1) is 5.82 Å². The van der Waals surface area contributed by atoms with Crippen molar-refractivity contribution in [2.75, 3.05) is 12.4 Å². The van der Waals surface area contributed by atoms with Gasteiger partial charge in [-0.2, -0.15) is 0 Å². The molecule has 0 saturated carbocycles. The van der Waals surface area contributed by atoms with Crippen molar-refractivity contribution in [3.8, 4) is 0 Å². The van der Waals surface area contributed by atoms with Crippen LogP contribution in [0.15, 0.2) is 12.1 Å². The average Bonchev–Trinajstić information content (AvgIpc) is 2.72. The van der Waals surface area contributed by atoms with E-state index in [1.165, 1.54) is 6.07 Å². The third kappa shape index (κ3) is 4.64. The maximum atomic E-state index is 14.5. The molecule has 1 N–H and O–H groups in total. The van der Waals surface area contributed by atoms with Crippen molar-refractivity contribution in [1.82, 2.24) is 0 Å². The Morgan fingerprint density at radius 1 is 1.11 bits per heavy atom. The summed E-state index contributed by atoms with van der Waals surface area (Å²) >= 11 is 0. The second kappa shape index (κ2) is 7.37. The first-order chi connectivity index (χ1) is 12.7. The van der Waals surface area contributed by atoms with Gasteiger partial charge in [-0.3, -0.25) is 5.32 Å². The largest absolute Gasteiger partial charge is 0.497 e. The van der Waals surface area contributed by atoms with E-state index in [4.69, 9.17) is 14.0 Å². The number of carbonyl (C=O) groups excluding carboxylic acids is 2. The Hall–Kier alpha value is -2.13. The zero-order chi connectivity index (χ0) is 21.5. The van der Waals surface area contributed by atoms with Gasteiger partial charge in [0, 0.05) is 11.2 Å². The lowest BCUT2D eigenvalue weighted by molar-refractivity contribution is 0.00578. The molecule has 9 heteroatoms. The number of ether oxygens (including phenoxy) is 2. The van der Waals surface area contributed by atoms with Gasteiger partial charge < -0.3 is 18.8 Å². The number of halogens is 1. The molecule has 0 aliphatic carbocycles. The fourth-order valence-electron chi connectivity index (χ4n) is 2.54. The molecule has 0 atom stereocenters. The van der Waals surface area contributed by atoms with Crippen molar-refractivity contribution in [1.29, 1.82) is 0 Å². The fraction of sp³-hybridized carbons (Fsp3) is 0.579. The highest BCUT2D eigenvalue weighted by molar-refractivity contribution is 6.64. The average molecular weight is 395 g/mol. The van der Waals surface area contributed by atoms with Crippen molar-refractivity contribution in [2.45, 2.75) is 65.3 Å². The minimum atomic E-state index is -0.932. The van der Waals surface area contributed by atoms with Crippen LogP contribution in [-0.2, 0) is 18.8 Å². The molecule has 1 amide bonds. The minimum absolute atomic E-state index is 0.0814. The van der Waals surface area contributed by atoms with Gasteiger partial charge in [-0.1, -0.05) is 0 Å². The Kier molecular flexibility index (Phi) is 5.83. The van der Waals surface area contributed by atoms with Crippen LogP contribution < -0.4 is 10.8 Å². The molecule has 28 heavy (non-hydrogen) atoms. The molecule has 1 aromatic rings. The van der Waals surface area contributed by atoms with Gasteiger partial charge in [0.05, 0.1) is 23.9 Å². The molecule has 1 aromatic carbocycles. The van der Waals surface area contributed by atoms with Gasteiger partial charge in [-0.25, -0.2) is 14.0 Å². The lowest BCUT2D eigenvalue weighted by atomic mass is 9.76. The molecule has 154 valence electrons. The smallest absolute Gasteiger partial charge is 0.465 e. The van der Waals surface area contributed by atoms with E-state index in [2.05, 4.69) is 10.1 Å². The van der Waals surface area contributed by atoms with Crippen molar-refractivity contribution < 1.29 is 32.8 Å². The van der Waals surface area contributed by atoms with Crippen LogP contribution in [0.25, 0.3) is 0 Å². The van der Waals surface area contributed by atoms with E-state index >= 15 is 0 Å². The summed E-state index contributed by atoms with van der Waals surface area (Å²) in [5.41, 5.74) is -1.99. The SMILES string of the molecule is COC(=O)c1cc(B2OC(C)(C)C(C)(C)O2)c(NC(=O)OC(C)(C)C)cc1F. The molecular formula is C19H27BFNO6. The molecule has 1 fully saturated rings. The summed E-state index contributed by atoms with van der Waals surface area (Å²) in [5, 5.41) is 2.51. The third-order valence-electron chi connectivity index (χ3n) is 4.69. The van der Waals surface area contributed by atoms with Crippen LogP contribution in [0.2, 0.25) is 0 Å². The first-order valence-electron chi connectivity index (χ1n) is 8.94. The van der Waals surface area contributed by atoms with E-state index in [1.54, 1.807) is 20.8 Å². The van der Waals surface area contributed by atoms with E-state index in [0.29, 0.717) is 0 Å². The highest BCUT2D eigenvalue weighted by Crippen LogP contribution is 2.37. The van der Waals surface area contributed by atoms with E-state index in [-0.39, 0.29) is 16.7 Å². The summed E-state index contributed by atoms with van der Waals surface area (Å²) in [5.74, 6) is -1.70. The number of carbonyl (C=O) groups is 2. The number of anilines is 1. The van der Waals surface area contributed by atoms with Crippen LogP contribution in [-0.4, -0.2) is 43.1 Å². The fourth-order valence-corrected chi connectivity index (χ4v) is 2.54. The van der Waals surface area contributed by atoms with Gasteiger partial charge in [-0.15, -0.1) is 0 Å². The lowest BCUT2D eigenvalue weighted by Gasteiger charge is -2.32. The second-order valence-electron chi connectivity index (χ2n) is 8.63. The number of amides is 1.